The lowest BCUT2D eigenvalue weighted by molar-refractivity contribution is 0.486. The average molecular weight is 194 g/mol. The molecule has 1 rings (SSSR count). The maximum absolute atomic E-state index is 11.3. The van der Waals surface area contributed by atoms with Crippen molar-refractivity contribution in [3.8, 4) is 0 Å². The highest BCUT2D eigenvalue weighted by Crippen LogP contribution is 2.24. The van der Waals surface area contributed by atoms with Crippen LogP contribution in [0.25, 0.3) is 0 Å². The molecule has 2 nitrogen and oxygen atoms in total. The molecule has 0 unspecified atom stereocenters. The maximum Gasteiger partial charge on any atom is 0.162 e. The Morgan fingerprint density at radius 1 is 1.18 bits per heavy atom. The SMILES string of the molecule is O=S(=O)(CS)C1CCCCC1. The molecule has 1 saturated carbocycles. The molecule has 0 heterocycles. The van der Waals surface area contributed by atoms with Crippen molar-refractivity contribution in [3.63, 3.8) is 0 Å². The van der Waals surface area contributed by atoms with Gasteiger partial charge in [-0.2, -0.15) is 12.6 Å². The highest BCUT2D eigenvalue weighted by atomic mass is 32.2. The molecule has 0 aliphatic heterocycles. The Morgan fingerprint density at radius 2 is 1.73 bits per heavy atom. The maximum atomic E-state index is 11.3. The van der Waals surface area contributed by atoms with Gasteiger partial charge in [0.1, 0.15) is 0 Å². The first kappa shape index (κ1) is 9.39. The molecule has 0 N–H and O–H groups in total. The van der Waals surface area contributed by atoms with Crippen molar-refractivity contribution in [2.45, 2.75) is 37.4 Å². The van der Waals surface area contributed by atoms with Crippen LogP contribution < -0.4 is 0 Å². The Balaban J connectivity index is 2.58. The van der Waals surface area contributed by atoms with Gasteiger partial charge in [0, 0.05) is 0 Å². The molecule has 1 aliphatic carbocycles. The van der Waals surface area contributed by atoms with Gasteiger partial charge in [-0.1, -0.05) is 19.3 Å². The Kier molecular flexibility index (Phi) is 3.25. The van der Waals surface area contributed by atoms with Crippen LogP contribution in [0.2, 0.25) is 0 Å². The molecule has 0 radical (unpaired) electrons. The van der Waals surface area contributed by atoms with Crippen LogP contribution in [0, 0.1) is 0 Å². The molecule has 0 bridgehead atoms. The van der Waals surface area contributed by atoms with Crippen molar-refractivity contribution >= 4 is 22.5 Å². The zero-order chi connectivity index (χ0) is 8.32. The van der Waals surface area contributed by atoms with Gasteiger partial charge in [-0.05, 0) is 12.8 Å². The smallest absolute Gasteiger partial charge is 0.162 e. The zero-order valence-electron chi connectivity index (χ0n) is 6.49. The van der Waals surface area contributed by atoms with E-state index in [0.717, 1.165) is 25.7 Å². The first-order chi connectivity index (χ1) is 5.17. The fourth-order valence-corrected chi connectivity index (χ4v) is 3.42. The fourth-order valence-electron chi connectivity index (χ4n) is 1.53. The van der Waals surface area contributed by atoms with Crippen molar-refractivity contribution in [1.29, 1.82) is 0 Å². The Hall–Kier alpha value is 0.300. The molecule has 11 heavy (non-hydrogen) atoms. The average Bonchev–Trinajstić information content (AvgIpc) is 2.06. The van der Waals surface area contributed by atoms with Crippen molar-refractivity contribution in [2.24, 2.45) is 0 Å². The van der Waals surface area contributed by atoms with Crippen LogP contribution >= 0.6 is 12.6 Å². The first-order valence-corrected chi connectivity index (χ1v) is 6.34. The molecule has 1 aliphatic rings. The van der Waals surface area contributed by atoms with Gasteiger partial charge in [0.2, 0.25) is 0 Å². The molecule has 0 amide bonds. The second kappa shape index (κ2) is 3.81. The van der Waals surface area contributed by atoms with Gasteiger partial charge >= 0.3 is 0 Å². The van der Waals surface area contributed by atoms with Gasteiger partial charge in [-0.3, -0.25) is 0 Å². The lowest BCUT2D eigenvalue weighted by Crippen LogP contribution is -2.24. The molecule has 4 heteroatoms. The number of sulfone groups is 1. The minimum atomic E-state index is -2.86. The lowest BCUT2D eigenvalue weighted by Gasteiger charge is -2.20. The summed E-state index contributed by atoms with van der Waals surface area (Å²) in [5, 5.41) is -0.0775. The largest absolute Gasteiger partial charge is 0.228 e. The van der Waals surface area contributed by atoms with Crippen molar-refractivity contribution in [2.75, 3.05) is 5.08 Å². The summed E-state index contributed by atoms with van der Waals surface area (Å²) in [6, 6.07) is 0. The van der Waals surface area contributed by atoms with Gasteiger partial charge in [-0.15, -0.1) is 0 Å². The van der Waals surface area contributed by atoms with Gasteiger partial charge in [0.15, 0.2) is 9.84 Å². The number of hydrogen-bond acceptors (Lipinski definition) is 3. The van der Waals surface area contributed by atoms with Crippen LogP contribution in [0.15, 0.2) is 0 Å². The lowest BCUT2D eigenvalue weighted by atomic mass is 10.0. The molecule has 1 fully saturated rings. The van der Waals surface area contributed by atoms with E-state index in [1.165, 1.54) is 6.42 Å². The van der Waals surface area contributed by atoms with Gasteiger partial charge in [-0.25, -0.2) is 8.42 Å². The number of hydrogen-bond donors (Lipinski definition) is 1. The highest BCUT2D eigenvalue weighted by molar-refractivity contribution is 8.04. The number of rotatable bonds is 2. The summed E-state index contributed by atoms with van der Waals surface area (Å²) in [7, 11) is -2.86. The molecule has 0 aromatic rings. The summed E-state index contributed by atoms with van der Waals surface area (Å²) in [4.78, 5) is 0. The van der Waals surface area contributed by atoms with E-state index in [4.69, 9.17) is 0 Å². The Labute approximate surface area is 73.7 Å². The van der Waals surface area contributed by atoms with Crippen LogP contribution in [0.3, 0.4) is 0 Å². The van der Waals surface area contributed by atoms with Crippen LogP contribution in [0.4, 0.5) is 0 Å². The van der Waals surface area contributed by atoms with Crippen LogP contribution in [-0.4, -0.2) is 18.8 Å². The predicted octanol–water partition coefficient (Wildman–Crippen LogP) is 1.62. The summed E-state index contributed by atoms with van der Waals surface area (Å²) in [5.41, 5.74) is 0. The molecular weight excluding hydrogens is 180 g/mol. The van der Waals surface area contributed by atoms with E-state index in [0.29, 0.717) is 0 Å². The summed E-state index contributed by atoms with van der Waals surface area (Å²) >= 11 is 3.82. The topological polar surface area (TPSA) is 34.1 Å². The first-order valence-electron chi connectivity index (χ1n) is 3.99. The zero-order valence-corrected chi connectivity index (χ0v) is 8.20. The summed E-state index contributed by atoms with van der Waals surface area (Å²) in [5.74, 6) is 0. The van der Waals surface area contributed by atoms with Crippen LogP contribution in [0.5, 0.6) is 0 Å². The van der Waals surface area contributed by atoms with Gasteiger partial charge in [0.25, 0.3) is 0 Å². The van der Waals surface area contributed by atoms with E-state index in [2.05, 4.69) is 12.6 Å². The second-order valence-corrected chi connectivity index (χ2v) is 6.08. The molecule has 0 saturated heterocycles. The van der Waals surface area contributed by atoms with Gasteiger partial charge in [0.05, 0.1) is 10.3 Å². The minimum absolute atomic E-state index is 0.0116. The minimum Gasteiger partial charge on any atom is -0.228 e. The van der Waals surface area contributed by atoms with E-state index in [9.17, 15) is 8.42 Å². The molecule has 0 atom stereocenters. The van der Waals surface area contributed by atoms with Crippen molar-refractivity contribution in [1.82, 2.24) is 0 Å². The Bertz CT molecular complexity index is 202. The fraction of sp³-hybridized carbons (Fsp3) is 1.00. The summed E-state index contributed by atoms with van der Waals surface area (Å²) in [6.07, 6.45) is 5.03. The molecule has 66 valence electrons. The predicted molar refractivity (Wildman–Crippen MR) is 49.6 cm³/mol. The van der Waals surface area contributed by atoms with Gasteiger partial charge < -0.3 is 0 Å². The van der Waals surface area contributed by atoms with Crippen LogP contribution in [0.1, 0.15) is 32.1 Å². The molecular formula is C7H14O2S2. The van der Waals surface area contributed by atoms with E-state index >= 15 is 0 Å². The third-order valence-electron chi connectivity index (χ3n) is 2.24. The number of thiol groups is 1. The highest BCUT2D eigenvalue weighted by Gasteiger charge is 2.25. The van der Waals surface area contributed by atoms with E-state index in [1.807, 2.05) is 0 Å². The van der Waals surface area contributed by atoms with Crippen molar-refractivity contribution < 1.29 is 8.42 Å². The van der Waals surface area contributed by atoms with E-state index in [-0.39, 0.29) is 10.3 Å². The Morgan fingerprint density at radius 3 is 2.18 bits per heavy atom. The van der Waals surface area contributed by atoms with Crippen LogP contribution in [-0.2, 0) is 9.84 Å². The van der Waals surface area contributed by atoms with E-state index < -0.39 is 9.84 Å². The van der Waals surface area contributed by atoms with Crippen molar-refractivity contribution in [3.05, 3.63) is 0 Å². The molecule has 0 aromatic heterocycles. The third kappa shape index (κ3) is 2.37. The molecule has 0 spiro atoms. The van der Waals surface area contributed by atoms with E-state index in [1.54, 1.807) is 0 Å². The monoisotopic (exact) mass is 194 g/mol. The summed E-state index contributed by atoms with van der Waals surface area (Å²) < 4.78 is 22.6. The normalized spacial score (nSPS) is 21.9. The quantitative estimate of drug-likeness (QED) is 0.678. The third-order valence-corrected chi connectivity index (χ3v) is 5.17. The second-order valence-electron chi connectivity index (χ2n) is 3.05. The molecule has 0 aromatic carbocycles. The standard InChI is InChI=1S/C7H14O2S2/c8-11(9,6-10)7-4-2-1-3-5-7/h7,10H,1-6H2. The summed E-state index contributed by atoms with van der Waals surface area (Å²) in [6.45, 7) is 0.